The number of rotatable bonds is 6. The number of H-pyrrole nitrogens is 1. The number of nitrogens with zero attached hydrogens (tertiary/aromatic N) is 2. The second-order valence-electron chi connectivity index (χ2n) is 7.20. The van der Waals surface area contributed by atoms with Gasteiger partial charge in [-0.1, -0.05) is 6.07 Å². The molecule has 1 aromatic heterocycles. The average Bonchev–Trinajstić information content (AvgIpc) is 2.90. The van der Waals surface area contributed by atoms with Gasteiger partial charge in [0, 0.05) is 17.6 Å². The Balaban J connectivity index is 2.25. The molecular weight excluding hydrogens is 386 g/mol. The summed E-state index contributed by atoms with van der Waals surface area (Å²) < 4.78 is 29.9. The normalized spacial score (nSPS) is 12.2. The summed E-state index contributed by atoms with van der Waals surface area (Å²) in [6.45, 7) is 9.76. The standard InChI is InChI=1S/C17H25N5O3S2/c1-6-22-14(19-20-16(22)26)10-18-15(23)13-9-12(8-7-11(13)2)27(24,25)21-17(3,4)5/h7-9,21H,6,10H2,1-5H3,(H,18,23)(H,20,26). The number of aryl methyl sites for hydroxylation is 1. The first-order valence-corrected chi connectivity index (χ1v) is 10.4. The molecular formula is C17H25N5O3S2. The molecule has 0 aliphatic heterocycles. The summed E-state index contributed by atoms with van der Waals surface area (Å²) in [5.74, 6) is 0.226. The van der Waals surface area contributed by atoms with Crippen molar-refractivity contribution < 1.29 is 13.2 Å². The van der Waals surface area contributed by atoms with Crippen LogP contribution in [-0.4, -0.2) is 34.6 Å². The van der Waals surface area contributed by atoms with Gasteiger partial charge in [0.05, 0.1) is 11.4 Å². The zero-order valence-electron chi connectivity index (χ0n) is 16.1. The predicted molar refractivity (Wildman–Crippen MR) is 106 cm³/mol. The molecule has 0 atom stereocenters. The summed E-state index contributed by atoms with van der Waals surface area (Å²) in [6, 6.07) is 4.49. The van der Waals surface area contributed by atoms with Crippen molar-refractivity contribution >= 4 is 28.1 Å². The van der Waals surface area contributed by atoms with E-state index in [4.69, 9.17) is 12.2 Å². The number of benzene rings is 1. The van der Waals surface area contributed by atoms with Crippen LogP contribution in [-0.2, 0) is 23.1 Å². The van der Waals surface area contributed by atoms with Gasteiger partial charge in [0.15, 0.2) is 10.6 Å². The van der Waals surface area contributed by atoms with E-state index in [0.717, 1.165) is 0 Å². The SMILES string of the molecule is CCn1c(CNC(=O)c2cc(S(=O)(=O)NC(C)(C)C)ccc2C)n[nH]c1=S. The molecule has 0 saturated carbocycles. The molecule has 0 aliphatic rings. The molecule has 0 unspecified atom stereocenters. The molecule has 2 rings (SSSR count). The van der Waals surface area contributed by atoms with Crippen LogP contribution in [0.2, 0.25) is 0 Å². The molecule has 0 fully saturated rings. The minimum Gasteiger partial charge on any atom is -0.345 e. The smallest absolute Gasteiger partial charge is 0.251 e. The number of carbonyl (C=O) groups excluding carboxylic acids is 1. The number of aromatic amines is 1. The summed E-state index contributed by atoms with van der Waals surface area (Å²) in [5.41, 5.74) is 0.349. The minimum atomic E-state index is -3.73. The Morgan fingerprint density at radius 2 is 2.00 bits per heavy atom. The van der Waals surface area contributed by atoms with Gasteiger partial charge >= 0.3 is 0 Å². The molecule has 10 heteroatoms. The van der Waals surface area contributed by atoms with Gasteiger partial charge in [-0.25, -0.2) is 13.1 Å². The molecule has 0 spiro atoms. The first-order chi connectivity index (χ1) is 12.4. The molecule has 1 amide bonds. The summed E-state index contributed by atoms with van der Waals surface area (Å²) in [4.78, 5) is 12.7. The highest BCUT2D eigenvalue weighted by molar-refractivity contribution is 7.89. The average molecular weight is 412 g/mol. The lowest BCUT2D eigenvalue weighted by atomic mass is 10.1. The molecule has 8 nitrogen and oxygen atoms in total. The fraction of sp³-hybridized carbons (Fsp3) is 0.471. The van der Waals surface area contributed by atoms with Crippen LogP contribution in [0.25, 0.3) is 0 Å². The fourth-order valence-corrected chi connectivity index (χ4v) is 4.27. The highest BCUT2D eigenvalue weighted by Crippen LogP contribution is 2.18. The lowest BCUT2D eigenvalue weighted by molar-refractivity contribution is 0.0948. The van der Waals surface area contributed by atoms with Gasteiger partial charge < -0.3 is 9.88 Å². The van der Waals surface area contributed by atoms with Crippen LogP contribution in [0.5, 0.6) is 0 Å². The van der Waals surface area contributed by atoms with Crippen molar-refractivity contribution in [1.29, 1.82) is 0 Å². The Morgan fingerprint density at radius 1 is 1.33 bits per heavy atom. The van der Waals surface area contributed by atoms with Gasteiger partial charge in [-0.05, 0) is 64.5 Å². The maximum absolute atomic E-state index is 12.6. The molecule has 0 bridgehead atoms. The lowest BCUT2D eigenvalue weighted by Crippen LogP contribution is -2.40. The predicted octanol–water partition coefficient (Wildman–Crippen LogP) is 2.28. The number of amides is 1. The van der Waals surface area contributed by atoms with Crippen molar-refractivity contribution in [2.45, 2.75) is 58.1 Å². The monoisotopic (exact) mass is 411 g/mol. The van der Waals surface area contributed by atoms with E-state index in [2.05, 4.69) is 20.2 Å². The second-order valence-corrected chi connectivity index (χ2v) is 9.27. The van der Waals surface area contributed by atoms with Crippen molar-refractivity contribution in [2.24, 2.45) is 0 Å². The van der Waals surface area contributed by atoms with E-state index in [1.807, 2.05) is 6.92 Å². The largest absolute Gasteiger partial charge is 0.345 e. The fourth-order valence-electron chi connectivity index (χ4n) is 2.54. The van der Waals surface area contributed by atoms with E-state index in [9.17, 15) is 13.2 Å². The molecule has 0 aliphatic carbocycles. The van der Waals surface area contributed by atoms with Crippen LogP contribution in [0.15, 0.2) is 23.1 Å². The maximum Gasteiger partial charge on any atom is 0.251 e. The number of hydrogen-bond donors (Lipinski definition) is 3. The molecule has 0 saturated heterocycles. The van der Waals surface area contributed by atoms with E-state index in [-0.39, 0.29) is 17.3 Å². The first kappa shape index (κ1) is 21.3. The molecule has 0 radical (unpaired) electrons. The van der Waals surface area contributed by atoms with Crippen molar-refractivity contribution in [3.63, 3.8) is 0 Å². The van der Waals surface area contributed by atoms with Crippen molar-refractivity contribution in [2.75, 3.05) is 0 Å². The van der Waals surface area contributed by atoms with Crippen molar-refractivity contribution in [3.05, 3.63) is 39.9 Å². The van der Waals surface area contributed by atoms with Crippen LogP contribution in [0.3, 0.4) is 0 Å². The molecule has 1 aromatic carbocycles. The van der Waals surface area contributed by atoms with Crippen LogP contribution in [0.1, 0.15) is 49.4 Å². The van der Waals surface area contributed by atoms with Crippen LogP contribution in [0, 0.1) is 11.7 Å². The molecule has 148 valence electrons. The van der Waals surface area contributed by atoms with Crippen molar-refractivity contribution in [1.82, 2.24) is 24.8 Å². The van der Waals surface area contributed by atoms with E-state index in [1.165, 1.54) is 12.1 Å². The number of nitrogens with one attached hydrogen (secondary N) is 3. The highest BCUT2D eigenvalue weighted by Gasteiger charge is 2.23. The lowest BCUT2D eigenvalue weighted by Gasteiger charge is -2.20. The van der Waals surface area contributed by atoms with E-state index in [1.54, 1.807) is 38.3 Å². The topological polar surface area (TPSA) is 109 Å². The summed E-state index contributed by atoms with van der Waals surface area (Å²) in [6.07, 6.45) is 0. The van der Waals surface area contributed by atoms with Crippen LogP contribution < -0.4 is 10.0 Å². The number of sulfonamides is 1. The molecule has 2 aromatic rings. The number of aromatic nitrogens is 3. The number of hydrogen-bond acceptors (Lipinski definition) is 5. The highest BCUT2D eigenvalue weighted by atomic mass is 32.2. The number of carbonyl (C=O) groups is 1. The molecule has 3 N–H and O–H groups in total. The van der Waals surface area contributed by atoms with Crippen molar-refractivity contribution in [3.8, 4) is 0 Å². The van der Waals surface area contributed by atoms with E-state index in [0.29, 0.717) is 28.3 Å². The first-order valence-electron chi connectivity index (χ1n) is 8.51. The van der Waals surface area contributed by atoms with E-state index < -0.39 is 15.6 Å². The third-order valence-electron chi connectivity index (χ3n) is 3.77. The quantitative estimate of drug-likeness (QED) is 0.632. The Labute approximate surface area is 164 Å². The Morgan fingerprint density at radius 3 is 2.59 bits per heavy atom. The Kier molecular flexibility index (Phi) is 6.23. The second kappa shape index (κ2) is 7.91. The molecule has 27 heavy (non-hydrogen) atoms. The summed E-state index contributed by atoms with van der Waals surface area (Å²) >= 11 is 5.13. The third kappa shape index (κ3) is 5.24. The van der Waals surface area contributed by atoms with Gasteiger partial charge in [0.2, 0.25) is 10.0 Å². The van der Waals surface area contributed by atoms with Gasteiger partial charge in [0.1, 0.15) is 0 Å². The maximum atomic E-state index is 12.6. The van der Waals surface area contributed by atoms with Gasteiger partial charge in [-0.3, -0.25) is 9.89 Å². The van der Waals surface area contributed by atoms with Crippen LogP contribution in [0.4, 0.5) is 0 Å². The third-order valence-corrected chi connectivity index (χ3v) is 5.83. The summed E-state index contributed by atoms with van der Waals surface area (Å²) in [5, 5.41) is 9.55. The van der Waals surface area contributed by atoms with Gasteiger partial charge in [-0.15, -0.1) is 0 Å². The van der Waals surface area contributed by atoms with Crippen LogP contribution >= 0.6 is 12.2 Å². The Hall–Kier alpha value is -2.04. The van der Waals surface area contributed by atoms with Gasteiger partial charge in [-0.2, -0.15) is 5.10 Å². The molecule has 1 heterocycles. The minimum absolute atomic E-state index is 0.0458. The van der Waals surface area contributed by atoms with Gasteiger partial charge in [0.25, 0.3) is 5.91 Å². The zero-order chi connectivity index (χ0) is 20.4. The zero-order valence-corrected chi connectivity index (χ0v) is 17.7. The summed E-state index contributed by atoms with van der Waals surface area (Å²) in [7, 11) is -3.73. The Bertz CT molecular complexity index is 1000. The van der Waals surface area contributed by atoms with E-state index >= 15 is 0 Å².